The Kier molecular flexibility index (Phi) is 6.17. The second-order valence-electron chi connectivity index (χ2n) is 5.70. The smallest absolute Gasteiger partial charge is 0.209 e. The Labute approximate surface area is 127 Å². The maximum absolute atomic E-state index is 10.8. The first-order valence-corrected chi connectivity index (χ1v) is 9.24. The van der Waals surface area contributed by atoms with Gasteiger partial charge in [-0.15, -0.1) is 0 Å². The Morgan fingerprint density at radius 1 is 1.29 bits per heavy atom. The number of hydrogen-bond donors (Lipinski definition) is 2. The Bertz CT molecular complexity index is 519. The minimum atomic E-state index is -3.32. The molecule has 0 saturated carbocycles. The third-order valence-electron chi connectivity index (χ3n) is 3.87. The molecule has 3 N–H and O–H groups in total. The summed E-state index contributed by atoms with van der Waals surface area (Å²) < 4.78 is 21.7. The first kappa shape index (κ1) is 16.4. The number of likely N-dealkylation sites (tertiary alicyclic amines) is 1. The number of hydrogen-bond acceptors (Lipinski definition) is 4. The molecule has 21 heavy (non-hydrogen) atoms. The highest BCUT2D eigenvalue weighted by molar-refractivity contribution is 7.89. The topological polar surface area (TPSA) is 75.4 Å². The molecule has 0 radical (unpaired) electrons. The van der Waals surface area contributed by atoms with Crippen molar-refractivity contribution in [3.63, 3.8) is 0 Å². The van der Waals surface area contributed by atoms with Crippen LogP contribution in [0.2, 0.25) is 0 Å². The highest BCUT2D eigenvalue weighted by Gasteiger charge is 2.21. The van der Waals surface area contributed by atoms with E-state index in [9.17, 15) is 8.42 Å². The van der Waals surface area contributed by atoms with Crippen LogP contribution >= 0.6 is 0 Å². The van der Waals surface area contributed by atoms with Gasteiger partial charge in [0.1, 0.15) is 0 Å². The van der Waals surface area contributed by atoms with E-state index >= 15 is 0 Å². The Morgan fingerprint density at radius 2 is 2.05 bits per heavy atom. The van der Waals surface area contributed by atoms with Gasteiger partial charge in [0.15, 0.2) is 0 Å². The molecule has 2 rings (SSSR count). The molecule has 1 fully saturated rings. The van der Waals surface area contributed by atoms with E-state index in [-0.39, 0.29) is 5.75 Å². The molecule has 6 heteroatoms. The number of nitrogens with one attached hydrogen (secondary N) is 1. The van der Waals surface area contributed by atoms with E-state index in [4.69, 9.17) is 5.14 Å². The molecule has 0 aromatic heterocycles. The van der Waals surface area contributed by atoms with Crippen molar-refractivity contribution < 1.29 is 8.42 Å². The zero-order valence-corrected chi connectivity index (χ0v) is 13.2. The molecule has 0 bridgehead atoms. The predicted octanol–water partition coefficient (Wildman–Crippen LogP) is 0.572. The van der Waals surface area contributed by atoms with Crippen molar-refractivity contribution in [3.8, 4) is 0 Å². The lowest BCUT2D eigenvalue weighted by Gasteiger charge is -2.16. The number of benzene rings is 1. The fourth-order valence-electron chi connectivity index (χ4n) is 2.71. The Morgan fingerprint density at radius 3 is 2.76 bits per heavy atom. The van der Waals surface area contributed by atoms with Crippen molar-refractivity contribution >= 4 is 10.0 Å². The largest absolute Gasteiger partial charge is 0.313 e. The van der Waals surface area contributed by atoms with E-state index < -0.39 is 10.0 Å². The van der Waals surface area contributed by atoms with E-state index in [0.29, 0.717) is 19.0 Å². The van der Waals surface area contributed by atoms with Gasteiger partial charge in [0.2, 0.25) is 10.0 Å². The molecule has 0 spiro atoms. The first-order valence-electron chi connectivity index (χ1n) is 7.53. The second-order valence-corrected chi connectivity index (χ2v) is 7.43. The number of sulfonamides is 1. The van der Waals surface area contributed by atoms with Gasteiger partial charge in [0, 0.05) is 19.1 Å². The van der Waals surface area contributed by atoms with E-state index in [1.165, 1.54) is 5.56 Å². The molecule has 0 aliphatic carbocycles. The van der Waals surface area contributed by atoms with Gasteiger partial charge >= 0.3 is 0 Å². The fourth-order valence-corrected chi connectivity index (χ4v) is 3.26. The fraction of sp³-hybridized carbons (Fsp3) is 0.600. The van der Waals surface area contributed by atoms with Gasteiger partial charge in [-0.3, -0.25) is 0 Å². The van der Waals surface area contributed by atoms with Crippen LogP contribution in [0.3, 0.4) is 0 Å². The summed E-state index contributed by atoms with van der Waals surface area (Å²) in [6, 6.07) is 11.0. The van der Waals surface area contributed by atoms with Crippen molar-refractivity contribution in [2.24, 2.45) is 5.14 Å². The summed E-state index contributed by atoms with van der Waals surface area (Å²) in [5.74, 6) is 0.0600. The number of primary sulfonamides is 1. The van der Waals surface area contributed by atoms with Crippen LogP contribution in [0, 0.1) is 0 Å². The van der Waals surface area contributed by atoms with Crippen LogP contribution in [0.4, 0.5) is 0 Å². The van der Waals surface area contributed by atoms with Crippen molar-refractivity contribution in [1.82, 2.24) is 10.2 Å². The number of nitrogens with zero attached hydrogens (tertiary/aromatic N) is 1. The minimum absolute atomic E-state index is 0.0600. The molecule has 118 valence electrons. The third-order valence-corrected chi connectivity index (χ3v) is 4.73. The van der Waals surface area contributed by atoms with Crippen molar-refractivity contribution in [1.29, 1.82) is 0 Å². The van der Waals surface area contributed by atoms with E-state index in [0.717, 1.165) is 32.5 Å². The first-order chi connectivity index (χ1) is 10.0. The summed E-state index contributed by atoms with van der Waals surface area (Å²) in [5.41, 5.74) is 1.38. The van der Waals surface area contributed by atoms with Crippen LogP contribution in [0.15, 0.2) is 30.3 Å². The monoisotopic (exact) mass is 311 g/mol. The van der Waals surface area contributed by atoms with E-state index in [2.05, 4.69) is 34.5 Å². The lowest BCUT2D eigenvalue weighted by atomic mass is 10.1. The molecule has 1 unspecified atom stereocenters. The van der Waals surface area contributed by atoms with Gasteiger partial charge in [-0.05, 0) is 37.9 Å². The average molecular weight is 311 g/mol. The van der Waals surface area contributed by atoms with Gasteiger partial charge < -0.3 is 10.2 Å². The summed E-state index contributed by atoms with van der Waals surface area (Å²) in [6.45, 7) is 3.95. The minimum Gasteiger partial charge on any atom is -0.313 e. The molecular weight excluding hydrogens is 286 g/mol. The van der Waals surface area contributed by atoms with Crippen molar-refractivity contribution in [2.45, 2.75) is 25.3 Å². The van der Waals surface area contributed by atoms with Gasteiger partial charge in [0.25, 0.3) is 0 Å². The zero-order chi connectivity index (χ0) is 15.1. The Hall–Kier alpha value is -0.950. The summed E-state index contributed by atoms with van der Waals surface area (Å²) in [5, 5.41) is 8.40. The van der Waals surface area contributed by atoms with Crippen LogP contribution in [-0.2, 0) is 16.4 Å². The van der Waals surface area contributed by atoms with E-state index in [1.54, 1.807) is 0 Å². The SMILES string of the molecule is NS(=O)(=O)CCCNC1CCN(CCc2ccccc2)C1. The van der Waals surface area contributed by atoms with Gasteiger partial charge in [-0.2, -0.15) is 0 Å². The van der Waals surface area contributed by atoms with Crippen molar-refractivity contribution in [2.75, 3.05) is 31.9 Å². The molecule has 1 saturated heterocycles. The summed E-state index contributed by atoms with van der Waals surface area (Å²) >= 11 is 0. The molecule has 1 aromatic rings. The van der Waals surface area contributed by atoms with Gasteiger partial charge in [-0.1, -0.05) is 30.3 Å². The van der Waals surface area contributed by atoms with E-state index in [1.807, 2.05) is 6.07 Å². The predicted molar refractivity (Wildman–Crippen MR) is 85.6 cm³/mol. The zero-order valence-electron chi connectivity index (χ0n) is 12.4. The molecule has 5 nitrogen and oxygen atoms in total. The molecule has 1 aliphatic heterocycles. The molecule has 0 amide bonds. The summed E-state index contributed by atoms with van der Waals surface area (Å²) in [7, 11) is -3.32. The highest BCUT2D eigenvalue weighted by Crippen LogP contribution is 2.10. The molecule has 1 aliphatic rings. The Balaban J connectivity index is 1.60. The second kappa shape index (κ2) is 7.89. The normalized spacial score (nSPS) is 20.0. The number of rotatable bonds is 8. The third kappa shape index (κ3) is 6.56. The van der Waals surface area contributed by atoms with Crippen LogP contribution in [0.1, 0.15) is 18.4 Å². The lowest BCUT2D eigenvalue weighted by Crippen LogP contribution is -2.34. The molecule has 1 atom stereocenters. The summed E-state index contributed by atoms with van der Waals surface area (Å²) in [6.07, 6.45) is 2.79. The molecule has 1 aromatic carbocycles. The standard InChI is InChI=1S/C15H25N3O2S/c16-21(19,20)12-4-9-17-15-8-11-18(13-15)10-7-14-5-2-1-3-6-14/h1-3,5-6,15,17H,4,7-13H2,(H2,16,19,20). The number of nitrogens with two attached hydrogens (primary N) is 1. The van der Waals surface area contributed by atoms with Gasteiger partial charge in [0.05, 0.1) is 5.75 Å². The molecule has 1 heterocycles. The highest BCUT2D eigenvalue weighted by atomic mass is 32.2. The maximum atomic E-state index is 10.8. The van der Waals surface area contributed by atoms with Crippen LogP contribution < -0.4 is 10.5 Å². The summed E-state index contributed by atoms with van der Waals surface area (Å²) in [4.78, 5) is 2.46. The van der Waals surface area contributed by atoms with Crippen LogP contribution in [0.5, 0.6) is 0 Å². The van der Waals surface area contributed by atoms with Crippen LogP contribution in [0.25, 0.3) is 0 Å². The van der Waals surface area contributed by atoms with Crippen LogP contribution in [-0.4, -0.2) is 51.3 Å². The molecular formula is C15H25N3O2S. The van der Waals surface area contributed by atoms with Crippen molar-refractivity contribution in [3.05, 3.63) is 35.9 Å². The van der Waals surface area contributed by atoms with Gasteiger partial charge in [-0.25, -0.2) is 13.6 Å². The lowest BCUT2D eigenvalue weighted by molar-refractivity contribution is 0.332. The average Bonchev–Trinajstić information content (AvgIpc) is 2.89. The maximum Gasteiger partial charge on any atom is 0.209 e. The quantitative estimate of drug-likeness (QED) is 0.688.